The SMILES string of the molecule is COc1ccc(CNC(=O)Cn2cnc3sc4c(c3c2=O)CCC(C)C4)cc1. The van der Waals surface area contributed by atoms with Crippen molar-refractivity contribution >= 4 is 27.5 Å². The van der Waals surface area contributed by atoms with Gasteiger partial charge >= 0.3 is 0 Å². The normalized spacial score (nSPS) is 16.0. The molecular formula is C21H23N3O3S. The second kappa shape index (κ2) is 7.75. The molecule has 0 fully saturated rings. The maximum absolute atomic E-state index is 13.0. The summed E-state index contributed by atoms with van der Waals surface area (Å²) in [5.74, 6) is 1.21. The predicted molar refractivity (Wildman–Crippen MR) is 110 cm³/mol. The molecule has 1 unspecified atom stereocenters. The number of nitrogens with one attached hydrogen (secondary N) is 1. The summed E-state index contributed by atoms with van der Waals surface area (Å²) >= 11 is 1.62. The highest BCUT2D eigenvalue weighted by atomic mass is 32.1. The summed E-state index contributed by atoms with van der Waals surface area (Å²) in [6, 6.07) is 7.50. The summed E-state index contributed by atoms with van der Waals surface area (Å²) in [6.07, 6.45) is 4.51. The van der Waals surface area contributed by atoms with Gasteiger partial charge in [0.05, 0.1) is 18.8 Å². The zero-order chi connectivity index (χ0) is 19.7. The molecule has 7 heteroatoms. The number of thiophene rings is 1. The van der Waals surface area contributed by atoms with E-state index < -0.39 is 0 Å². The Morgan fingerprint density at radius 1 is 1.36 bits per heavy atom. The molecule has 0 spiro atoms. The quantitative estimate of drug-likeness (QED) is 0.718. The number of hydrogen-bond donors (Lipinski definition) is 1. The molecule has 2 aromatic heterocycles. The number of ether oxygens (including phenoxy) is 1. The average molecular weight is 398 g/mol. The van der Waals surface area contributed by atoms with Gasteiger partial charge in [0.2, 0.25) is 5.91 Å². The van der Waals surface area contributed by atoms with Crippen LogP contribution in [0.2, 0.25) is 0 Å². The highest BCUT2D eigenvalue weighted by Gasteiger charge is 2.23. The Balaban J connectivity index is 1.49. The van der Waals surface area contributed by atoms with Gasteiger partial charge in [0.1, 0.15) is 17.1 Å². The van der Waals surface area contributed by atoms with E-state index in [9.17, 15) is 9.59 Å². The van der Waals surface area contributed by atoms with Gasteiger partial charge in [0, 0.05) is 11.4 Å². The first-order valence-electron chi connectivity index (χ1n) is 9.44. The molecule has 1 N–H and O–H groups in total. The van der Waals surface area contributed by atoms with E-state index in [-0.39, 0.29) is 18.0 Å². The van der Waals surface area contributed by atoms with Crippen molar-refractivity contribution in [1.82, 2.24) is 14.9 Å². The first-order chi connectivity index (χ1) is 13.5. The van der Waals surface area contributed by atoms with Gasteiger partial charge in [0.25, 0.3) is 5.56 Å². The van der Waals surface area contributed by atoms with Gasteiger partial charge in [-0.15, -0.1) is 11.3 Å². The van der Waals surface area contributed by atoms with Crippen LogP contribution in [0.3, 0.4) is 0 Å². The molecule has 1 aliphatic carbocycles. The summed E-state index contributed by atoms with van der Waals surface area (Å²) in [4.78, 5) is 31.8. The van der Waals surface area contributed by atoms with Crippen molar-refractivity contribution < 1.29 is 9.53 Å². The molecule has 146 valence electrons. The Morgan fingerprint density at radius 2 is 2.14 bits per heavy atom. The monoisotopic (exact) mass is 397 g/mol. The molecule has 0 saturated carbocycles. The summed E-state index contributed by atoms with van der Waals surface area (Å²) in [7, 11) is 1.62. The minimum atomic E-state index is -0.211. The highest BCUT2D eigenvalue weighted by Crippen LogP contribution is 2.35. The van der Waals surface area contributed by atoms with Crippen LogP contribution in [0, 0.1) is 5.92 Å². The number of carbonyl (C=O) groups excluding carboxylic acids is 1. The van der Waals surface area contributed by atoms with Crippen molar-refractivity contribution in [3.05, 3.63) is 57.0 Å². The minimum absolute atomic E-state index is 0.0288. The number of hydrogen-bond acceptors (Lipinski definition) is 5. The molecule has 1 atom stereocenters. The number of rotatable bonds is 5. The topological polar surface area (TPSA) is 73.2 Å². The van der Waals surface area contributed by atoms with Gasteiger partial charge in [-0.25, -0.2) is 4.98 Å². The molecule has 0 radical (unpaired) electrons. The molecule has 1 aromatic carbocycles. The summed E-state index contributed by atoms with van der Waals surface area (Å²) in [5, 5.41) is 3.56. The number of fused-ring (bicyclic) bond motifs is 3. The number of benzene rings is 1. The zero-order valence-electron chi connectivity index (χ0n) is 16.0. The van der Waals surface area contributed by atoms with Crippen LogP contribution in [-0.2, 0) is 30.7 Å². The smallest absolute Gasteiger partial charge is 0.262 e. The number of nitrogens with zero attached hydrogens (tertiary/aromatic N) is 2. The Hall–Kier alpha value is -2.67. The van der Waals surface area contributed by atoms with Crippen molar-refractivity contribution in [2.45, 2.75) is 39.3 Å². The second-order valence-electron chi connectivity index (χ2n) is 7.33. The summed E-state index contributed by atoms with van der Waals surface area (Å²) in [5.41, 5.74) is 2.00. The number of methoxy groups -OCH3 is 1. The van der Waals surface area contributed by atoms with Crippen LogP contribution >= 0.6 is 11.3 Å². The third kappa shape index (κ3) is 3.67. The molecule has 28 heavy (non-hydrogen) atoms. The van der Waals surface area contributed by atoms with E-state index in [0.717, 1.165) is 41.0 Å². The van der Waals surface area contributed by atoms with Gasteiger partial charge in [-0.3, -0.25) is 14.2 Å². The number of carbonyl (C=O) groups is 1. The Bertz CT molecular complexity index is 1070. The molecule has 3 aromatic rings. The van der Waals surface area contributed by atoms with Crippen LogP contribution in [0.15, 0.2) is 35.4 Å². The first kappa shape index (κ1) is 18.7. The first-order valence-corrected chi connectivity index (χ1v) is 10.3. The lowest BCUT2D eigenvalue weighted by Gasteiger charge is -2.17. The van der Waals surface area contributed by atoms with Crippen molar-refractivity contribution in [3.8, 4) is 5.75 Å². The Kier molecular flexibility index (Phi) is 5.17. The highest BCUT2D eigenvalue weighted by molar-refractivity contribution is 7.18. The standard InChI is InChI=1S/C21H23N3O3S/c1-13-3-8-16-17(9-13)28-20-19(16)21(26)24(12-23-20)11-18(25)22-10-14-4-6-15(27-2)7-5-14/h4-7,12-13H,3,8-11H2,1-2H3,(H,22,25). The zero-order valence-corrected chi connectivity index (χ0v) is 16.8. The number of amides is 1. The third-order valence-corrected chi connectivity index (χ3v) is 6.41. The van der Waals surface area contributed by atoms with Crippen LogP contribution in [0.5, 0.6) is 5.75 Å². The summed E-state index contributed by atoms with van der Waals surface area (Å²) in [6.45, 7) is 2.62. The molecule has 0 aliphatic heterocycles. The van der Waals surface area contributed by atoms with Crippen LogP contribution < -0.4 is 15.6 Å². The molecule has 0 bridgehead atoms. The van der Waals surface area contributed by atoms with E-state index in [1.807, 2.05) is 24.3 Å². The van der Waals surface area contributed by atoms with E-state index in [1.165, 1.54) is 15.8 Å². The second-order valence-corrected chi connectivity index (χ2v) is 8.42. The van der Waals surface area contributed by atoms with E-state index in [2.05, 4.69) is 17.2 Å². The van der Waals surface area contributed by atoms with Crippen molar-refractivity contribution in [2.75, 3.05) is 7.11 Å². The van der Waals surface area contributed by atoms with E-state index in [0.29, 0.717) is 17.8 Å². The average Bonchev–Trinajstić information content (AvgIpc) is 3.07. The number of aryl methyl sites for hydroxylation is 1. The maximum Gasteiger partial charge on any atom is 0.262 e. The molecule has 6 nitrogen and oxygen atoms in total. The van der Waals surface area contributed by atoms with Gasteiger partial charge in [-0.05, 0) is 48.4 Å². The van der Waals surface area contributed by atoms with Gasteiger partial charge in [-0.1, -0.05) is 19.1 Å². The fraction of sp³-hybridized carbons (Fsp3) is 0.381. The lowest BCUT2D eigenvalue weighted by atomic mass is 9.89. The molecule has 1 aliphatic rings. The number of aromatic nitrogens is 2. The fourth-order valence-electron chi connectivity index (χ4n) is 3.63. The van der Waals surface area contributed by atoms with E-state index >= 15 is 0 Å². The van der Waals surface area contributed by atoms with Crippen molar-refractivity contribution in [1.29, 1.82) is 0 Å². The third-order valence-electron chi connectivity index (χ3n) is 5.24. The predicted octanol–water partition coefficient (Wildman–Crippen LogP) is 2.91. The summed E-state index contributed by atoms with van der Waals surface area (Å²) < 4.78 is 6.54. The Morgan fingerprint density at radius 3 is 2.89 bits per heavy atom. The lowest BCUT2D eigenvalue weighted by Crippen LogP contribution is -2.32. The van der Waals surface area contributed by atoms with Crippen LogP contribution in [0.25, 0.3) is 10.2 Å². The molecule has 4 rings (SSSR count). The van der Waals surface area contributed by atoms with Gasteiger partial charge in [-0.2, -0.15) is 0 Å². The van der Waals surface area contributed by atoms with Gasteiger partial charge in [0.15, 0.2) is 0 Å². The van der Waals surface area contributed by atoms with Crippen LogP contribution in [0.1, 0.15) is 29.3 Å². The Labute approximate surface area is 167 Å². The molecule has 2 heterocycles. The van der Waals surface area contributed by atoms with E-state index in [1.54, 1.807) is 18.4 Å². The molecule has 1 amide bonds. The van der Waals surface area contributed by atoms with E-state index in [4.69, 9.17) is 4.74 Å². The fourth-order valence-corrected chi connectivity index (χ4v) is 4.97. The molecular weight excluding hydrogens is 374 g/mol. The molecule has 0 saturated heterocycles. The van der Waals surface area contributed by atoms with Crippen LogP contribution in [0.4, 0.5) is 0 Å². The maximum atomic E-state index is 13.0. The van der Waals surface area contributed by atoms with Gasteiger partial charge < -0.3 is 10.1 Å². The van der Waals surface area contributed by atoms with Crippen molar-refractivity contribution in [2.24, 2.45) is 5.92 Å². The minimum Gasteiger partial charge on any atom is -0.497 e. The largest absolute Gasteiger partial charge is 0.497 e. The van der Waals surface area contributed by atoms with Crippen molar-refractivity contribution in [3.63, 3.8) is 0 Å². The lowest BCUT2D eigenvalue weighted by molar-refractivity contribution is -0.121. The van der Waals surface area contributed by atoms with Crippen LogP contribution in [-0.4, -0.2) is 22.6 Å².